The van der Waals surface area contributed by atoms with Crippen molar-refractivity contribution in [1.82, 2.24) is 19.3 Å². The second-order valence-corrected chi connectivity index (χ2v) is 9.86. The number of pyridine rings is 1. The molecule has 2 aromatic carbocycles. The largest absolute Gasteiger partial charge is 0.361 e. The van der Waals surface area contributed by atoms with E-state index in [-0.39, 0.29) is 11.5 Å². The van der Waals surface area contributed by atoms with E-state index in [0.29, 0.717) is 34.5 Å². The third-order valence-corrected chi connectivity index (χ3v) is 7.58. The molecule has 180 valence electrons. The summed E-state index contributed by atoms with van der Waals surface area (Å²) >= 11 is 1.38. The predicted octanol–water partition coefficient (Wildman–Crippen LogP) is 4.31. The van der Waals surface area contributed by atoms with Crippen LogP contribution in [0.15, 0.2) is 100.0 Å². The number of aromatic nitrogens is 3. The van der Waals surface area contributed by atoms with Gasteiger partial charge in [0.25, 0.3) is 11.5 Å². The zero-order valence-electron chi connectivity index (χ0n) is 19.5. The zero-order valence-corrected chi connectivity index (χ0v) is 20.4. The summed E-state index contributed by atoms with van der Waals surface area (Å²) in [4.78, 5) is 45.5. The number of rotatable bonds is 4. The van der Waals surface area contributed by atoms with E-state index in [9.17, 15) is 9.59 Å². The van der Waals surface area contributed by atoms with Gasteiger partial charge in [0.05, 0.1) is 11.4 Å². The van der Waals surface area contributed by atoms with Gasteiger partial charge >= 0.3 is 0 Å². The van der Waals surface area contributed by atoms with E-state index in [1.807, 2.05) is 54.7 Å². The lowest BCUT2D eigenvalue weighted by Crippen LogP contribution is -2.41. The second-order valence-electron chi connectivity index (χ2n) is 8.92. The van der Waals surface area contributed by atoms with Gasteiger partial charge in [0.15, 0.2) is 5.17 Å². The van der Waals surface area contributed by atoms with Gasteiger partial charge in [0.2, 0.25) is 0 Å². The fourth-order valence-electron chi connectivity index (χ4n) is 4.86. The number of H-pyrrole nitrogens is 1. The van der Waals surface area contributed by atoms with Crippen LogP contribution >= 0.6 is 11.8 Å². The third-order valence-electron chi connectivity index (χ3n) is 6.61. The Morgan fingerprint density at radius 3 is 2.76 bits per heavy atom. The first-order chi connectivity index (χ1) is 18.2. The monoisotopic (exact) mass is 504 g/mol. The Bertz CT molecular complexity index is 1840. The molecule has 0 saturated heterocycles. The number of hydrogen-bond acceptors (Lipinski definition) is 6. The minimum atomic E-state index is -0.547. The van der Waals surface area contributed by atoms with E-state index in [0.717, 1.165) is 27.7 Å². The molecule has 0 fully saturated rings. The van der Waals surface area contributed by atoms with Crippen LogP contribution in [0.3, 0.4) is 0 Å². The summed E-state index contributed by atoms with van der Waals surface area (Å²) in [5, 5.41) is 1.64. The molecule has 0 bridgehead atoms. The van der Waals surface area contributed by atoms with Crippen molar-refractivity contribution in [1.29, 1.82) is 0 Å². The second kappa shape index (κ2) is 8.56. The number of nitrogens with one attached hydrogen (secondary N) is 1. The molecule has 9 heteroatoms. The molecular weight excluding hydrogens is 484 g/mol. The van der Waals surface area contributed by atoms with Gasteiger partial charge in [0.1, 0.15) is 17.5 Å². The van der Waals surface area contributed by atoms with E-state index < -0.39 is 6.04 Å². The molecule has 0 saturated carbocycles. The number of carbonyl (C=O) groups is 1. The molecule has 8 nitrogen and oxygen atoms in total. The highest BCUT2D eigenvalue weighted by atomic mass is 32.2. The molecule has 1 N–H and O–H groups in total. The van der Waals surface area contributed by atoms with Crippen LogP contribution in [0.25, 0.3) is 16.6 Å². The maximum absolute atomic E-state index is 13.7. The summed E-state index contributed by atoms with van der Waals surface area (Å²) in [6.45, 7) is 0. The zero-order chi connectivity index (χ0) is 24.9. The maximum Gasteiger partial charge on any atom is 0.259 e. The molecule has 2 aliphatic heterocycles. The van der Waals surface area contributed by atoms with Gasteiger partial charge in [-0.05, 0) is 35.9 Å². The Morgan fingerprint density at radius 1 is 0.973 bits per heavy atom. The fraction of sp³-hybridized carbons (Fsp3) is 0.107. The molecule has 1 atom stereocenters. The topological polar surface area (TPSA) is 95.2 Å². The summed E-state index contributed by atoms with van der Waals surface area (Å²) in [6, 6.07) is 22.2. The van der Waals surface area contributed by atoms with Crippen molar-refractivity contribution >= 4 is 50.9 Å². The normalized spacial score (nSPS) is 16.6. The van der Waals surface area contributed by atoms with Gasteiger partial charge in [-0.15, -0.1) is 0 Å². The number of aromatic amines is 1. The van der Waals surface area contributed by atoms with Crippen LogP contribution in [0.2, 0.25) is 0 Å². The van der Waals surface area contributed by atoms with E-state index in [1.165, 1.54) is 22.2 Å². The minimum Gasteiger partial charge on any atom is -0.361 e. The highest BCUT2D eigenvalue weighted by Gasteiger charge is 2.41. The Hall–Kier alpha value is -4.50. The molecule has 0 unspecified atom stereocenters. The van der Waals surface area contributed by atoms with Gasteiger partial charge in [-0.25, -0.2) is 14.9 Å². The number of nitrogens with zero attached hydrogens (tertiary/aromatic N) is 5. The quantitative estimate of drug-likeness (QED) is 0.395. The molecule has 1 amide bonds. The molecule has 7 rings (SSSR count). The minimum absolute atomic E-state index is 0.104. The highest BCUT2D eigenvalue weighted by molar-refractivity contribution is 8.13. The Kier molecular flexibility index (Phi) is 5.03. The van der Waals surface area contributed by atoms with Crippen LogP contribution in [-0.4, -0.2) is 42.2 Å². The number of benzene rings is 2. The fourth-order valence-corrected chi connectivity index (χ4v) is 5.75. The number of fused-ring (bicyclic) bond motifs is 5. The number of para-hydroxylation sites is 2. The highest BCUT2D eigenvalue weighted by Crippen LogP contribution is 2.35. The van der Waals surface area contributed by atoms with Gasteiger partial charge in [-0.1, -0.05) is 48.2 Å². The van der Waals surface area contributed by atoms with E-state index in [1.54, 1.807) is 23.2 Å². The van der Waals surface area contributed by atoms with E-state index >= 15 is 0 Å². The van der Waals surface area contributed by atoms with Crippen LogP contribution in [0.1, 0.15) is 16.8 Å². The van der Waals surface area contributed by atoms with Crippen molar-refractivity contribution in [3.63, 3.8) is 0 Å². The van der Waals surface area contributed by atoms with Crippen molar-refractivity contribution in [2.75, 3.05) is 0 Å². The molecular formula is C28H20N6O2S. The summed E-state index contributed by atoms with van der Waals surface area (Å²) in [5.41, 5.74) is 4.77. The summed E-state index contributed by atoms with van der Waals surface area (Å²) < 4.78 is 1.51. The van der Waals surface area contributed by atoms with Crippen molar-refractivity contribution < 1.29 is 4.79 Å². The number of amidine groups is 2. The standard InChI is InChI=1S/C28H20N6O2S/c35-25-14-18(30-24-11-5-6-12-33(24)25)16-37-28-32-22-10-4-2-8-20(22)26-31-23(27(36)34(26)28)13-17-15-29-21-9-3-1-7-19(17)21/h1-12,14-15,23,29H,13,16H2/t23-/m1/s1. The molecule has 0 aliphatic carbocycles. The van der Waals surface area contributed by atoms with Crippen LogP contribution in [-0.2, 0) is 17.0 Å². The molecule has 5 heterocycles. The molecule has 5 aromatic rings. The lowest BCUT2D eigenvalue weighted by atomic mass is 10.1. The van der Waals surface area contributed by atoms with Crippen molar-refractivity contribution in [3.05, 3.63) is 112 Å². The maximum atomic E-state index is 13.7. The van der Waals surface area contributed by atoms with Crippen LogP contribution in [0, 0.1) is 0 Å². The number of thioether (sulfide) groups is 1. The Balaban J connectivity index is 1.21. The summed E-state index contributed by atoms with van der Waals surface area (Å²) in [7, 11) is 0. The smallest absolute Gasteiger partial charge is 0.259 e. The van der Waals surface area contributed by atoms with Gasteiger partial charge in [0, 0.05) is 47.1 Å². The van der Waals surface area contributed by atoms with Crippen LogP contribution < -0.4 is 5.56 Å². The van der Waals surface area contributed by atoms with Gasteiger partial charge < -0.3 is 4.98 Å². The van der Waals surface area contributed by atoms with Crippen molar-refractivity contribution in [2.45, 2.75) is 18.2 Å². The molecule has 0 spiro atoms. The van der Waals surface area contributed by atoms with Gasteiger partial charge in [-0.2, -0.15) is 0 Å². The SMILES string of the molecule is O=C1[C@@H](Cc2c[nH]c3ccccc23)N=C2c3ccccc3N=C(SCc3cc(=O)n4ccccc4n3)N12. The molecule has 3 aromatic heterocycles. The lowest BCUT2D eigenvalue weighted by molar-refractivity contribution is -0.124. The third kappa shape index (κ3) is 3.66. The number of aliphatic imine (C=N–C) groups is 2. The lowest BCUT2D eigenvalue weighted by Gasteiger charge is -2.25. The van der Waals surface area contributed by atoms with Crippen LogP contribution in [0.5, 0.6) is 0 Å². The predicted molar refractivity (Wildman–Crippen MR) is 145 cm³/mol. The summed E-state index contributed by atoms with van der Waals surface area (Å²) in [6.07, 6.45) is 4.15. The van der Waals surface area contributed by atoms with E-state index in [2.05, 4.69) is 16.0 Å². The number of carbonyl (C=O) groups excluding carboxylic acids is 1. The van der Waals surface area contributed by atoms with Gasteiger partial charge in [-0.3, -0.25) is 19.0 Å². The average molecular weight is 505 g/mol. The molecule has 0 radical (unpaired) electrons. The average Bonchev–Trinajstić information content (AvgIpc) is 3.49. The van der Waals surface area contributed by atoms with Crippen LogP contribution in [0.4, 0.5) is 5.69 Å². The Labute approximate surface area is 215 Å². The first-order valence-corrected chi connectivity index (χ1v) is 12.9. The molecule has 37 heavy (non-hydrogen) atoms. The summed E-state index contributed by atoms with van der Waals surface area (Å²) in [5.74, 6) is 0.910. The first-order valence-electron chi connectivity index (χ1n) is 11.9. The molecule has 2 aliphatic rings. The number of amides is 1. The van der Waals surface area contributed by atoms with E-state index in [4.69, 9.17) is 9.98 Å². The Morgan fingerprint density at radius 2 is 1.81 bits per heavy atom. The number of hydrogen-bond donors (Lipinski definition) is 1. The first kappa shape index (κ1) is 21.8. The van der Waals surface area contributed by atoms with Crippen molar-refractivity contribution in [2.24, 2.45) is 9.98 Å². The van der Waals surface area contributed by atoms with Crippen molar-refractivity contribution in [3.8, 4) is 0 Å².